The molecule has 0 bridgehead atoms. The maximum atomic E-state index is 12.6. The highest BCUT2D eigenvalue weighted by Gasteiger charge is 2.35. The second kappa shape index (κ2) is 6.89. The van der Waals surface area contributed by atoms with E-state index >= 15 is 0 Å². The molecule has 2 rings (SSSR count). The van der Waals surface area contributed by atoms with Crippen molar-refractivity contribution in [2.24, 2.45) is 11.7 Å². The average Bonchev–Trinajstić information content (AvgIpc) is 3.29. The van der Waals surface area contributed by atoms with Crippen LogP contribution in [0.2, 0.25) is 0 Å². The third kappa shape index (κ3) is 3.83. The minimum absolute atomic E-state index is 0.107. The average molecular weight is 274 g/mol. The first-order valence-corrected chi connectivity index (χ1v) is 7.73. The predicted molar refractivity (Wildman–Crippen MR) is 82.1 cm³/mol. The normalized spacial score (nSPS) is 17.6. The van der Waals surface area contributed by atoms with Gasteiger partial charge < -0.3 is 10.6 Å². The molecule has 1 saturated carbocycles. The van der Waals surface area contributed by atoms with Crippen molar-refractivity contribution in [3.8, 4) is 0 Å². The number of nitrogens with two attached hydrogens (primary N) is 1. The molecule has 110 valence electrons. The van der Waals surface area contributed by atoms with Crippen molar-refractivity contribution in [2.75, 3.05) is 0 Å². The van der Waals surface area contributed by atoms with Crippen LogP contribution in [-0.4, -0.2) is 22.9 Å². The van der Waals surface area contributed by atoms with E-state index < -0.39 is 0 Å². The van der Waals surface area contributed by atoms with E-state index in [9.17, 15) is 4.79 Å². The van der Waals surface area contributed by atoms with Gasteiger partial charge in [-0.2, -0.15) is 0 Å². The molecule has 0 aliphatic heterocycles. The highest BCUT2D eigenvalue weighted by molar-refractivity contribution is 5.82. The van der Waals surface area contributed by atoms with Crippen LogP contribution in [0.5, 0.6) is 0 Å². The first-order chi connectivity index (χ1) is 9.63. The molecule has 0 saturated heterocycles. The van der Waals surface area contributed by atoms with Gasteiger partial charge in [-0.15, -0.1) is 0 Å². The number of hydrogen-bond acceptors (Lipinski definition) is 2. The Morgan fingerprint density at radius 3 is 2.55 bits per heavy atom. The molecule has 0 aromatic heterocycles. The zero-order valence-corrected chi connectivity index (χ0v) is 12.6. The number of amides is 1. The van der Waals surface area contributed by atoms with Crippen molar-refractivity contribution in [2.45, 2.75) is 58.2 Å². The molecule has 3 heteroatoms. The summed E-state index contributed by atoms with van der Waals surface area (Å²) >= 11 is 0. The van der Waals surface area contributed by atoms with Crippen LogP contribution in [0.15, 0.2) is 30.3 Å². The van der Waals surface area contributed by atoms with Gasteiger partial charge in [-0.3, -0.25) is 4.79 Å². The Kier molecular flexibility index (Phi) is 5.18. The fraction of sp³-hybridized carbons (Fsp3) is 0.588. The van der Waals surface area contributed by atoms with Gasteiger partial charge in [0, 0.05) is 12.6 Å². The Bertz CT molecular complexity index is 428. The van der Waals surface area contributed by atoms with Crippen LogP contribution in [0.1, 0.15) is 45.1 Å². The Morgan fingerprint density at radius 1 is 1.35 bits per heavy atom. The minimum atomic E-state index is -0.357. The fourth-order valence-corrected chi connectivity index (χ4v) is 2.68. The van der Waals surface area contributed by atoms with E-state index in [1.54, 1.807) is 0 Å². The molecule has 1 fully saturated rings. The van der Waals surface area contributed by atoms with Gasteiger partial charge in [0.05, 0.1) is 6.04 Å². The molecule has 0 radical (unpaired) electrons. The molecule has 2 unspecified atom stereocenters. The third-order valence-electron chi connectivity index (χ3n) is 4.19. The van der Waals surface area contributed by atoms with Gasteiger partial charge in [-0.25, -0.2) is 0 Å². The maximum absolute atomic E-state index is 12.6. The molecule has 0 spiro atoms. The quantitative estimate of drug-likeness (QED) is 0.831. The number of carbonyl (C=O) groups is 1. The molecule has 1 aliphatic carbocycles. The zero-order chi connectivity index (χ0) is 14.5. The zero-order valence-electron chi connectivity index (χ0n) is 12.6. The van der Waals surface area contributed by atoms with Crippen LogP contribution in [0, 0.1) is 5.92 Å². The molecule has 2 atom stereocenters. The lowest BCUT2D eigenvalue weighted by molar-refractivity contribution is -0.136. The number of hydrogen-bond donors (Lipinski definition) is 1. The van der Waals surface area contributed by atoms with Crippen LogP contribution in [0.3, 0.4) is 0 Å². The number of rotatable bonds is 7. The van der Waals surface area contributed by atoms with Crippen LogP contribution in [0.25, 0.3) is 0 Å². The van der Waals surface area contributed by atoms with Crippen LogP contribution < -0.4 is 5.73 Å². The van der Waals surface area contributed by atoms with Gasteiger partial charge in [-0.05, 0) is 37.7 Å². The summed E-state index contributed by atoms with van der Waals surface area (Å²) in [6.07, 6.45) is 4.19. The third-order valence-corrected chi connectivity index (χ3v) is 4.19. The summed E-state index contributed by atoms with van der Waals surface area (Å²) in [6.45, 7) is 4.91. The Labute approximate surface area is 122 Å². The van der Waals surface area contributed by atoms with Gasteiger partial charge in [0.1, 0.15) is 0 Å². The summed E-state index contributed by atoms with van der Waals surface area (Å²) in [5, 5.41) is 0. The monoisotopic (exact) mass is 274 g/mol. The molecule has 0 heterocycles. The van der Waals surface area contributed by atoms with E-state index in [1.807, 2.05) is 23.1 Å². The molecule has 1 amide bonds. The standard InChI is InChI=1S/C17H26N2O/c1-3-7-16(18)17(20)19(13(2)15-10-11-15)12-14-8-5-4-6-9-14/h4-6,8-9,13,15-16H,3,7,10-12,18H2,1-2H3. The molecule has 1 aromatic rings. The fourth-order valence-electron chi connectivity index (χ4n) is 2.68. The Morgan fingerprint density at radius 2 is 2.00 bits per heavy atom. The largest absolute Gasteiger partial charge is 0.334 e. The Balaban J connectivity index is 2.09. The summed E-state index contributed by atoms with van der Waals surface area (Å²) in [5.74, 6) is 0.770. The summed E-state index contributed by atoms with van der Waals surface area (Å²) in [5.41, 5.74) is 7.23. The molecule has 1 aromatic carbocycles. The van der Waals surface area contributed by atoms with Gasteiger partial charge in [0.2, 0.25) is 5.91 Å². The molecule has 2 N–H and O–H groups in total. The highest BCUT2D eigenvalue weighted by atomic mass is 16.2. The van der Waals surface area contributed by atoms with Crippen LogP contribution in [-0.2, 0) is 11.3 Å². The van der Waals surface area contributed by atoms with Crippen molar-refractivity contribution >= 4 is 5.91 Å². The van der Waals surface area contributed by atoms with Crippen LogP contribution in [0.4, 0.5) is 0 Å². The van der Waals surface area contributed by atoms with Crippen molar-refractivity contribution in [1.29, 1.82) is 0 Å². The van der Waals surface area contributed by atoms with Crippen molar-refractivity contribution < 1.29 is 4.79 Å². The second-order valence-electron chi connectivity index (χ2n) is 5.92. The Hall–Kier alpha value is -1.35. The van der Waals surface area contributed by atoms with E-state index in [0.29, 0.717) is 18.5 Å². The summed E-state index contributed by atoms with van der Waals surface area (Å²) in [6, 6.07) is 10.1. The summed E-state index contributed by atoms with van der Waals surface area (Å²) < 4.78 is 0. The van der Waals surface area contributed by atoms with Crippen LogP contribution >= 0.6 is 0 Å². The molecular formula is C17H26N2O. The van der Waals surface area contributed by atoms with E-state index in [2.05, 4.69) is 26.0 Å². The molecular weight excluding hydrogens is 248 g/mol. The molecule has 1 aliphatic rings. The van der Waals surface area contributed by atoms with E-state index in [0.717, 1.165) is 12.8 Å². The lowest BCUT2D eigenvalue weighted by Gasteiger charge is -2.32. The maximum Gasteiger partial charge on any atom is 0.240 e. The topological polar surface area (TPSA) is 46.3 Å². The predicted octanol–water partition coefficient (Wildman–Crippen LogP) is 2.94. The van der Waals surface area contributed by atoms with Gasteiger partial charge in [0.15, 0.2) is 0 Å². The lowest BCUT2D eigenvalue weighted by Crippen LogP contribution is -2.48. The SMILES string of the molecule is CCCC(N)C(=O)N(Cc1ccccc1)C(C)C1CC1. The minimum Gasteiger partial charge on any atom is -0.334 e. The lowest BCUT2D eigenvalue weighted by atomic mass is 10.1. The van der Waals surface area contributed by atoms with Gasteiger partial charge in [-0.1, -0.05) is 43.7 Å². The van der Waals surface area contributed by atoms with E-state index in [1.165, 1.54) is 18.4 Å². The summed E-state index contributed by atoms with van der Waals surface area (Å²) in [4.78, 5) is 14.6. The van der Waals surface area contributed by atoms with E-state index in [4.69, 9.17) is 5.73 Å². The number of carbonyl (C=O) groups excluding carboxylic acids is 1. The number of benzene rings is 1. The highest BCUT2D eigenvalue weighted by Crippen LogP contribution is 2.36. The van der Waals surface area contributed by atoms with Gasteiger partial charge in [0.25, 0.3) is 0 Å². The van der Waals surface area contributed by atoms with Gasteiger partial charge >= 0.3 is 0 Å². The smallest absolute Gasteiger partial charge is 0.240 e. The van der Waals surface area contributed by atoms with Crippen molar-refractivity contribution in [3.63, 3.8) is 0 Å². The molecule has 20 heavy (non-hydrogen) atoms. The summed E-state index contributed by atoms with van der Waals surface area (Å²) in [7, 11) is 0. The first-order valence-electron chi connectivity index (χ1n) is 7.73. The van der Waals surface area contributed by atoms with Crippen molar-refractivity contribution in [1.82, 2.24) is 4.90 Å². The first kappa shape index (κ1) is 15.0. The van der Waals surface area contributed by atoms with Crippen molar-refractivity contribution in [3.05, 3.63) is 35.9 Å². The second-order valence-corrected chi connectivity index (χ2v) is 5.92. The van der Waals surface area contributed by atoms with E-state index in [-0.39, 0.29) is 11.9 Å². The number of nitrogens with zero attached hydrogens (tertiary/aromatic N) is 1. The molecule has 3 nitrogen and oxygen atoms in total.